The van der Waals surface area contributed by atoms with Crippen LogP contribution in [-0.2, 0) is 21.5 Å². The Kier molecular flexibility index (Phi) is 5.58. The Bertz CT molecular complexity index is 965. The van der Waals surface area contributed by atoms with Crippen molar-refractivity contribution in [3.05, 3.63) is 71.0 Å². The molecule has 1 aliphatic heterocycles. The lowest BCUT2D eigenvalue weighted by Gasteiger charge is -2.22. The molecule has 1 aliphatic rings. The molecular formula is C20H18F3N3O3. The SMILES string of the molecule is C[C@]1(c2cc(F)ccc2F)NC(=O)N(CC(=O)NCCc2ccc(F)cc2)C1=O. The van der Waals surface area contributed by atoms with Crippen LogP contribution in [0.4, 0.5) is 18.0 Å². The third-order valence-electron chi connectivity index (χ3n) is 4.69. The van der Waals surface area contributed by atoms with E-state index in [0.717, 1.165) is 23.8 Å². The number of imide groups is 1. The number of hydrogen-bond donors (Lipinski definition) is 2. The highest BCUT2D eigenvalue weighted by Crippen LogP contribution is 2.31. The molecular weight excluding hydrogens is 387 g/mol. The van der Waals surface area contributed by atoms with Gasteiger partial charge in [-0.05, 0) is 49.2 Å². The summed E-state index contributed by atoms with van der Waals surface area (Å²) in [5.41, 5.74) is -1.34. The van der Waals surface area contributed by atoms with E-state index in [4.69, 9.17) is 0 Å². The van der Waals surface area contributed by atoms with Crippen LogP contribution in [0.5, 0.6) is 0 Å². The number of carbonyl (C=O) groups excluding carboxylic acids is 3. The number of urea groups is 1. The van der Waals surface area contributed by atoms with Gasteiger partial charge in [-0.15, -0.1) is 0 Å². The predicted octanol–water partition coefficient (Wildman–Crippen LogP) is 2.23. The molecule has 29 heavy (non-hydrogen) atoms. The van der Waals surface area contributed by atoms with E-state index >= 15 is 0 Å². The molecule has 2 aromatic rings. The van der Waals surface area contributed by atoms with Crippen molar-refractivity contribution in [2.75, 3.05) is 13.1 Å². The largest absolute Gasteiger partial charge is 0.354 e. The standard InChI is InChI=1S/C20H18F3N3O3/c1-20(15-10-14(22)6-7-16(15)23)18(28)26(19(29)25-20)11-17(27)24-9-8-12-2-4-13(21)5-3-12/h2-7,10H,8-9,11H2,1H3,(H,24,27)(H,25,29)/t20-/m1/s1. The van der Waals surface area contributed by atoms with E-state index in [1.54, 1.807) is 12.1 Å². The Labute approximate surface area is 164 Å². The maximum absolute atomic E-state index is 14.1. The molecule has 152 valence electrons. The first kappa shape index (κ1) is 20.4. The minimum Gasteiger partial charge on any atom is -0.354 e. The summed E-state index contributed by atoms with van der Waals surface area (Å²) in [6.45, 7) is 0.891. The van der Waals surface area contributed by atoms with Crippen LogP contribution in [0.3, 0.4) is 0 Å². The summed E-state index contributed by atoms with van der Waals surface area (Å²) in [6, 6.07) is 7.48. The minimum absolute atomic E-state index is 0.212. The highest BCUT2D eigenvalue weighted by Gasteiger charge is 2.50. The number of rotatable bonds is 6. The second-order valence-corrected chi connectivity index (χ2v) is 6.80. The van der Waals surface area contributed by atoms with Crippen molar-refractivity contribution in [1.29, 1.82) is 0 Å². The molecule has 0 saturated carbocycles. The van der Waals surface area contributed by atoms with E-state index in [1.807, 2.05) is 0 Å². The van der Waals surface area contributed by atoms with Gasteiger partial charge in [-0.25, -0.2) is 18.0 Å². The van der Waals surface area contributed by atoms with Crippen LogP contribution in [-0.4, -0.2) is 35.8 Å². The van der Waals surface area contributed by atoms with Gasteiger partial charge in [-0.1, -0.05) is 12.1 Å². The second-order valence-electron chi connectivity index (χ2n) is 6.80. The van der Waals surface area contributed by atoms with Crippen LogP contribution in [0.1, 0.15) is 18.1 Å². The zero-order valence-corrected chi connectivity index (χ0v) is 15.5. The van der Waals surface area contributed by atoms with Gasteiger partial charge in [0.1, 0.15) is 29.5 Å². The fraction of sp³-hybridized carbons (Fsp3) is 0.250. The third-order valence-corrected chi connectivity index (χ3v) is 4.69. The minimum atomic E-state index is -1.82. The highest BCUT2D eigenvalue weighted by atomic mass is 19.1. The normalized spacial score (nSPS) is 18.7. The monoisotopic (exact) mass is 405 g/mol. The maximum Gasteiger partial charge on any atom is 0.325 e. The first-order valence-electron chi connectivity index (χ1n) is 8.81. The first-order chi connectivity index (χ1) is 13.7. The number of benzene rings is 2. The van der Waals surface area contributed by atoms with Crippen molar-refractivity contribution in [1.82, 2.24) is 15.5 Å². The molecule has 0 aromatic heterocycles. The Hall–Kier alpha value is -3.36. The molecule has 1 heterocycles. The first-order valence-corrected chi connectivity index (χ1v) is 8.81. The number of carbonyl (C=O) groups is 3. The van der Waals surface area contributed by atoms with Crippen LogP contribution < -0.4 is 10.6 Å². The van der Waals surface area contributed by atoms with Gasteiger partial charge >= 0.3 is 6.03 Å². The average Bonchev–Trinajstić information content (AvgIpc) is 2.89. The van der Waals surface area contributed by atoms with Crippen LogP contribution in [0.25, 0.3) is 0 Å². The van der Waals surface area contributed by atoms with E-state index in [1.165, 1.54) is 19.1 Å². The molecule has 9 heteroatoms. The van der Waals surface area contributed by atoms with Crippen molar-refractivity contribution in [3.63, 3.8) is 0 Å². The van der Waals surface area contributed by atoms with E-state index < -0.39 is 41.6 Å². The van der Waals surface area contributed by atoms with Crippen LogP contribution >= 0.6 is 0 Å². The second kappa shape index (κ2) is 7.94. The lowest BCUT2D eigenvalue weighted by atomic mass is 9.91. The Morgan fingerprint density at radius 1 is 1.07 bits per heavy atom. The molecule has 0 spiro atoms. The van der Waals surface area contributed by atoms with E-state index in [0.29, 0.717) is 11.3 Å². The van der Waals surface area contributed by atoms with Gasteiger partial charge in [0.2, 0.25) is 5.91 Å². The summed E-state index contributed by atoms with van der Waals surface area (Å²) >= 11 is 0. The Balaban J connectivity index is 1.63. The van der Waals surface area contributed by atoms with Crippen molar-refractivity contribution in [3.8, 4) is 0 Å². The van der Waals surface area contributed by atoms with Gasteiger partial charge in [-0.2, -0.15) is 0 Å². The van der Waals surface area contributed by atoms with Crippen LogP contribution in [0, 0.1) is 17.5 Å². The molecule has 0 bridgehead atoms. The summed E-state index contributed by atoms with van der Waals surface area (Å²) < 4.78 is 40.5. The molecule has 4 amide bonds. The lowest BCUT2D eigenvalue weighted by molar-refractivity contribution is -0.134. The van der Waals surface area contributed by atoms with E-state index in [9.17, 15) is 27.6 Å². The van der Waals surface area contributed by atoms with Gasteiger partial charge in [0.25, 0.3) is 5.91 Å². The average molecular weight is 405 g/mol. The molecule has 0 unspecified atom stereocenters. The molecule has 1 atom stereocenters. The molecule has 0 aliphatic carbocycles. The fourth-order valence-electron chi connectivity index (χ4n) is 3.10. The zero-order chi connectivity index (χ0) is 21.2. The zero-order valence-electron chi connectivity index (χ0n) is 15.5. The van der Waals surface area contributed by atoms with Crippen LogP contribution in [0.2, 0.25) is 0 Å². The summed E-state index contributed by atoms with van der Waals surface area (Å²) in [5.74, 6) is -3.44. The fourth-order valence-corrected chi connectivity index (χ4v) is 3.10. The number of amides is 4. The molecule has 2 N–H and O–H groups in total. The number of nitrogens with one attached hydrogen (secondary N) is 2. The summed E-state index contributed by atoms with van der Waals surface area (Å²) in [4.78, 5) is 37.7. The quantitative estimate of drug-likeness (QED) is 0.724. The molecule has 3 rings (SSSR count). The number of halogens is 3. The molecule has 0 radical (unpaired) electrons. The predicted molar refractivity (Wildman–Crippen MR) is 97.1 cm³/mol. The Morgan fingerprint density at radius 2 is 1.72 bits per heavy atom. The number of nitrogens with zero attached hydrogens (tertiary/aromatic N) is 1. The lowest BCUT2D eigenvalue weighted by Crippen LogP contribution is -2.44. The van der Waals surface area contributed by atoms with E-state index in [2.05, 4.69) is 10.6 Å². The summed E-state index contributed by atoms with van der Waals surface area (Å²) in [6.07, 6.45) is 0.429. The van der Waals surface area contributed by atoms with Crippen molar-refractivity contribution < 1.29 is 27.6 Å². The Morgan fingerprint density at radius 3 is 2.41 bits per heavy atom. The van der Waals surface area contributed by atoms with Gasteiger partial charge in [0.15, 0.2) is 0 Å². The van der Waals surface area contributed by atoms with Gasteiger partial charge in [0.05, 0.1) is 0 Å². The van der Waals surface area contributed by atoms with Crippen LogP contribution in [0.15, 0.2) is 42.5 Å². The summed E-state index contributed by atoms with van der Waals surface area (Å²) in [5, 5.41) is 4.88. The smallest absolute Gasteiger partial charge is 0.325 e. The van der Waals surface area contributed by atoms with Gasteiger partial charge < -0.3 is 10.6 Å². The molecule has 1 fully saturated rings. The highest BCUT2D eigenvalue weighted by molar-refractivity contribution is 6.09. The third kappa shape index (κ3) is 4.23. The molecule has 1 saturated heterocycles. The number of hydrogen-bond acceptors (Lipinski definition) is 3. The molecule has 2 aromatic carbocycles. The van der Waals surface area contributed by atoms with Crippen molar-refractivity contribution in [2.24, 2.45) is 0 Å². The van der Waals surface area contributed by atoms with Crippen molar-refractivity contribution >= 4 is 17.8 Å². The maximum atomic E-state index is 14.1. The summed E-state index contributed by atoms with van der Waals surface area (Å²) in [7, 11) is 0. The van der Waals surface area contributed by atoms with Crippen molar-refractivity contribution in [2.45, 2.75) is 18.9 Å². The van der Waals surface area contributed by atoms with E-state index in [-0.39, 0.29) is 17.9 Å². The molecule has 6 nitrogen and oxygen atoms in total. The van der Waals surface area contributed by atoms with Gasteiger partial charge in [-0.3, -0.25) is 14.5 Å². The topological polar surface area (TPSA) is 78.5 Å². The van der Waals surface area contributed by atoms with Gasteiger partial charge in [0, 0.05) is 12.1 Å².